The fourth-order valence-corrected chi connectivity index (χ4v) is 2.01. The molecule has 0 aliphatic carbocycles. The Morgan fingerprint density at radius 1 is 1.25 bits per heavy atom. The van der Waals surface area contributed by atoms with Crippen LogP contribution < -0.4 is 0 Å². The predicted molar refractivity (Wildman–Crippen MR) is 65.3 cm³/mol. The number of allylic oxidation sites excluding steroid dienone is 2. The third-order valence-corrected chi connectivity index (χ3v) is 3.02. The average molecular weight is 215 g/mol. The van der Waals surface area contributed by atoms with E-state index in [1.807, 2.05) is 30.3 Å². The van der Waals surface area contributed by atoms with Crippen LogP contribution in [0.3, 0.4) is 0 Å². The molecule has 1 aromatic carbocycles. The van der Waals surface area contributed by atoms with Crippen molar-refractivity contribution < 1.29 is 4.79 Å². The van der Waals surface area contributed by atoms with Crippen molar-refractivity contribution >= 4 is 5.78 Å². The van der Waals surface area contributed by atoms with Crippen molar-refractivity contribution in [2.45, 2.75) is 19.3 Å². The van der Waals surface area contributed by atoms with Gasteiger partial charge in [-0.3, -0.25) is 4.79 Å². The molecule has 0 amide bonds. The van der Waals surface area contributed by atoms with Crippen molar-refractivity contribution in [1.82, 2.24) is 4.90 Å². The van der Waals surface area contributed by atoms with E-state index in [2.05, 4.69) is 11.9 Å². The number of nitrogens with zero attached hydrogens (tertiary/aromatic N) is 1. The first-order chi connectivity index (χ1) is 7.77. The van der Waals surface area contributed by atoms with Crippen LogP contribution in [0.1, 0.15) is 29.6 Å². The van der Waals surface area contributed by atoms with Gasteiger partial charge < -0.3 is 4.90 Å². The minimum atomic E-state index is 0.115. The van der Waals surface area contributed by atoms with Gasteiger partial charge in [-0.15, -0.1) is 0 Å². The van der Waals surface area contributed by atoms with E-state index < -0.39 is 0 Å². The number of ketones is 1. The summed E-state index contributed by atoms with van der Waals surface area (Å²) in [6, 6.07) is 9.45. The van der Waals surface area contributed by atoms with Crippen molar-refractivity contribution in [2.24, 2.45) is 0 Å². The Morgan fingerprint density at radius 2 is 2.00 bits per heavy atom. The number of hydrogen-bond acceptors (Lipinski definition) is 2. The van der Waals surface area contributed by atoms with Gasteiger partial charge in [0.15, 0.2) is 5.78 Å². The molecule has 0 aromatic heterocycles. The summed E-state index contributed by atoms with van der Waals surface area (Å²) in [5.74, 6) is 0.115. The van der Waals surface area contributed by atoms with Gasteiger partial charge in [0.1, 0.15) is 0 Å². The number of likely N-dealkylation sites (tertiary alicyclic amines) is 1. The normalized spacial score (nSPS) is 18.8. The summed E-state index contributed by atoms with van der Waals surface area (Å²) in [4.78, 5) is 14.1. The number of hydrogen-bond donors (Lipinski definition) is 0. The summed E-state index contributed by atoms with van der Waals surface area (Å²) in [5.41, 5.74) is 1.94. The second-order valence-electron chi connectivity index (χ2n) is 4.24. The second kappa shape index (κ2) is 4.97. The van der Waals surface area contributed by atoms with Gasteiger partial charge in [0.05, 0.1) is 0 Å². The van der Waals surface area contributed by atoms with E-state index >= 15 is 0 Å². The van der Waals surface area contributed by atoms with Crippen molar-refractivity contribution in [3.8, 4) is 0 Å². The molecular formula is C14H17NO. The van der Waals surface area contributed by atoms with Crippen molar-refractivity contribution in [3.05, 3.63) is 47.7 Å². The zero-order valence-electron chi connectivity index (χ0n) is 9.65. The first kappa shape index (κ1) is 10.9. The second-order valence-corrected chi connectivity index (χ2v) is 4.24. The van der Waals surface area contributed by atoms with Crippen LogP contribution in [-0.2, 0) is 0 Å². The molecule has 0 unspecified atom stereocenters. The molecule has 1 fully saturated rings. The van der Waals surface area contributed by atoms with Gasteiger partial charge in [0.25, 0.3) is 0 Å². The maximum Gasteiger partial charge on any atom is 0.187 e. The third-order valence-electron chi connectivity index (χ3n) is 3.02. The number of carbonyl (C=O) groups excluding carboxylic acids is 1. The topological polar surface area (TPSA) is 20.3 Å². The quantitative estimate of drug-likeness (QED) is 0.558. The lowest BCUT2D eigenvalue weighted by Crippen LogP contribution is -2.24. The molecule has 0 spiro atoms. The highest BCUT2D eigenvalue weighted by atomic mass is 16.1. The molecule has 1 aromatic rings. The zero-order chi connectivity index (χ0) is 11.4. The smallest absolute Gasteiger partial charge is 0.187 e. The Bertz CT molecular complexity index is 394. The lowest BCUT2D eigenvalue weighted by atomic mass is 10.0. The van der Waals surface area contributed by atoms with E-state index in [1.165, 1.54) is 18.5 Å². The Hall–Kier alpha value is -1.57. The van der Waals surface area contributed by atoms with Crippen LogP contribution in [0.5, 0.6) is 0 Å². The van der Waals surface area contributed by atoms with Crippen LogP contribution in [0.2, 0.25) is 0 Å². The largest absolute Gasteiger partial charge is 0.378 e. The van der Waals surface area contributed by atoms with Gasteiger partial charge in [-0.2, -0.15) is 0 Å². The molecule has 0 bridgehead atoms. The van der Waals surface area contributed by atoms with E-state index in [1.54, 1.807) is 6.08 Å². The Morgan fingerprint density at radius 3 is 2.69 bits per heavy atom. The Balaban J connectivity index is 2.14. The minimum absolute atomic E-state index is 0.115. The third kappa shape index (κ3) is 2.51. The van der Waals surface area contributed by atoms with Gasteiger partial charge in [-0.25, -0.2) is 0 Å². The molecule has 16 heavy (non-hydrogen) atoms. The summed E-state index contributed by atoms with van der Waals surface area (Å²) >= 11 is 0. The zero-order valence-corrected chi connectivity index (χ0v) is 9.65. The number of benzene rings is 1. The molecule has 2 nitrogen and oxygen atoms in total. The van der Waals surface area contributed by atoms with Gasteiger partial charge >= 0.3 is 0 Å². The molecule has 0 saturated carbocycles. The molecule has 2 rings (SSSR count). The number of carbonyl (C=O) groups is 1. The van der Waals surface area contributed by atoms with E-state index in [4.69, 9.17) is 0 Å². The number of piperidine rings is 1. The Labute approximate surface area is 96.6 Å². The average Bonchev–Trinajstić information content (AvgIpc) is 2.33. The van der Waals surface area contributed by atoms with Crippen molar-refractivity contribution in [1.29, 1.82) is 0 Å². The minimum Gasteiger partial charge on any atom is -0.378 e. The van der Waals surface area contributed by atoms with Gasteiger partial charge in [-0.05, 0) is 19.3 Å². The fourth-order valence-electron chi connectivity index (χ4n) is 2.01. The van der Waals surface area contributed by atoms with Crippen LogP contribution in [0.25, 0.3) is 0 Å². The molecule has 2 heteroatoms. The molecule has 1 aliphatic rings. The molecule has 1 heterocycles. The van der Waals surface area contributed by atoms with Crippen LogP contribution in [0, 0.1) is 0 Å². The SMILES string of the molecule is CN1CCCCC1=CC(=O)c1ccccc1. The maximum atomic E-state index is 12.0. The summed E-state index contributed by atoms with van der Waals surface area (Å²) in [5, 5.41) is 0. The first-order valence-electron chi connectivity index (χ1n) is 5.78. The predicted octanol–water partition coefficient (Wildman–Crippen LogP) is 2.87. The van der Waals surface area contributed by atoms with Gasteiger partial charge in [0.2, 0.25) is 0 Å². The van der Waals surface area contributed by atoms with Crippen LogP contribution >= 0.6 is 0 Å². The Kier molecular flexibility index (Phi) is 3.40. The highest BCUT2D eigenvalue weighted by molar-refractivity contribution is 6.04. The lowest BCUT2D eigenvalue weighted by molar-refractivity contribution is 0.104. The van der Waals surface area contributed by atoms with E-state index in [0.717, 1.165) is 18.5 Å². The van der Waals surface area contributed by atoms with E-state index in [-0.39, 0.29) is 5.78 Å². The van der Waals surface area contributed by atoms with Crippen LogP contribution in [0.4, 0.5) is 0 Å². The molecular weight excluding hydrogens is 198 g/mol. The van der Waals surface area contributed by atoms with Crippen molar-refractivity contribution in [3.63, 3.8) is 0 Å². The molecule has 1 saturated heterocycles. The van der Waals surface area contributed by atoms with Gasteiger partial charge in [-0.1, -0.05) is 30.3 Å². The maximum absolute atomic E-state index is 12.0. The van der Waals surface area contributed by atoms with E-state index in [0.29, 0.717) is 0 Å². The van der Waals surface area contributed by atoms with Crippen LogP contribution in [0.15, 0.2) is 42.1 Å². The van der Waals surface area contributed by atoms with Gasteiger partial charge in [0, 0.05) is 30.9 Å². The summed E-state index contributed by atoms with van der Waals surface area (Å²) in [6.45, 7) is 1.06. The molecule has 1 aliphatic heterocycles. The standard InChI is InChI=1S/C14H17NO/c1-15-10-6-5-9-13(15)11-14(16)12-7-3-2-4-8-12/h2-4,7-8,11H,5-6,9-10H2,1H3. The molecule has 0 radical (unpaired) electrons. The molecule has 0 atom stereocenters. The highest BCUT2D eigenvalue weighted by Crippen LogP contribution is 2.19. The summed E-state index contributed by atoms with van der Waals surface area (Å²) in [6.07, 6.45) is 5.23. The van der Waals surface area contributed by atoms with E-state index in [9.17, 15) is 4.79 Å². The fraction of sp³-hybridized carbons (Fsp3) is 0.357. The summed E-state index contributed by atoms with van der Waals surface area (Å²) in [7, 11) is 2.06. The highest BCUT2D eigenvalue weighted by Gasteiger charge is 2.12. The molecule has 84 valence electrons. The molecule has 0 N–H and O–H groups in total. The monoisotopic (exact) mass is 215 g/mol. The van der Waals surface area contributed by atoms with Crippen LogP contribution in [-0.4, -0.2) is 24.3 Å². The van der Waals surface area contributed by atoms with Crippen molar-refractivity contribution in [2.75, 3.05) is 13.6 Å². The number of rotatable bonds is 2. The summed E-state index contributed by atoms with van der Waals surface area (Å²) < 4.78 is 0. The lowest BCUT2D eigenvalue weighted by Gasteiger charge is -2.27. The first-order valence-corrected chi connectivity index (χ1v) is 5.78.